The summed E-state index contributed by atoms with van der Waals surface area (Å²) >= 11 is 4.96. The van der Waals surface area contributed by atoms with Crippen LogP contribution in [-0.4, -0.2) is 21.1 Å². The van der Waals surface area contributed by atoms with Crippen molar-refractivity contribution in [1.29, 1.82) is 0 Å². The van der Waals surface area contributed by atoms with Gasteiger partial charge >= 0.3 is 0 Å². The second-order valence-corrected chi connectivity index (χ2v) is 5.86. The topological polar surface area (TPSA) is 74.2 Å². The van der Waals surface area contributed by atoms with E-state index in [0.717, 1.165) is 11.1 Å². The highest BCUT2D eigenvalue weighted by molar-refractivity contribution is 7.71. The summed E-state index contributed by atoms with van der Waals surface area (Å²) in [7, 11) is 0. The van der Waals surface area contributed by atoms with Crippen molar-refractivity contribution in [3.8, 4) is 0 Å². The lowest BCUT2D eigenvalue weighted by atomic mass is 9.90. The Morgan fingerprint density at radius 2 is 2.08 bits per heavy atom. The summed E-state index contributed by atoms with van der Waals surface area (Å²) in [6.45, 7) is 0.440. The van der Waals surface area contributed by atoms with Crippen LogP contribution in [0.25, 0.3) is 5.70 Å². The molecule has 4 rings (SSSR count). The molecule has 1 aromatic carbocycles. The lowest BCUT2D eigenvalue weighted by Crippen LogP contribution is -2.49. The number of aromatic nitrogens is 2. The largest absolute Gasteiger partial charge is 0.408 e. The number of benzene rings is 1. The van der Waals surface area contributed by atoms with Gasteiger partial charge in [0, 0.05) is 0 Å². The molecule has 24 heavy (non-hydrogen) atoms. The zero-order valence-corrected chi connectivity index (χ0v) is 13.4. The lowest BCUT2D eigenvalue weighted by Gasteiger charge is -2.34. The number of carbonyl (C=O) groups excluding carboxylic acids is 1. The van der Waals surface area contributed by atoms with Crippen LogP contribution < -0.4 is 5.43 Å². The van der Waals surface area contributed by atoms with Crippen LogP contribution in [0.3, 0.4) is 0 Å². The van der Waals surface area contributed by atoms with Crippen molar-refractivity contribution < 1.29 is 9.21 Å². The Morgan fingerprint density at radius 3 is 2.83 bits per heavy atom. The van der Waals surface area contributed by atoms with Crippen molar-refractivity contribution in [2.45, 2.75) is 6.54 Å². The molecule has 120 valence electrons. The number of nitrogens with one attached hydrogen (secondary N) is 2. The van der Waals surface area contributed by atoms with Gasteiger partial charge in [-0.1, -0.05) is 54.6 Å². The monoisotopic (exact) mass is 338 g/mol. The van der Waals surface area contributed by atoms with E-state index in [1.54, 1.807) is 5.01 Å². The molecular formula is C17H14N4O2S. The lowest BCUT2D eigenvalue weighted by molar-refractivity contribution is -0.136. The van der Waals surface area contributed by atoms with Gasteiger partial charge in [0.1, 0.15) is 5.70 Å². The number of hydrogen-bond acceptors (Lipinski definition) is 5. The summed E-state index contributed by atoms with van der Waals surface area (Å²) in [5.74, 6) is -0.0479. The first-order valence-electron chi connectivity index (χ1n) is 7.49. The third-order valence-corrected chi connectivity index (χ3v) is 4.10. The summed E-state index contributed by atoms with van der Waals surface area (Å²) in [4.78, 5) is 13.0. The summed E-state index contributed by atoms with van der Waals surface area (Å²) < 4.78 is 5.44. The van der Waals surface area contributed by atoms with Crippen molar-refractivity contribution in [1.82, 2.24) is 20.6 Å². The number of hydrogen-bond donors (Lipinski definition) is 2. The quantitative estimate of drug-likeness (QED) is 0.842. The molecule has 0 saturated carbocycles. The molecule has 2 heterocycles. The van der Waals surface area contributed by atoms with Gasteiger partial charge in [-0.15, -0.1) is 5.10 Å². The van der Waals surface area contributed by atoms with E-state index in [4.69, 9.17) is 16.6 Å². The average molecular weight is 338 g/mol. The molecule has 1 atom stereocenters. The van der Waals surface area contributed by atoms with Crippen LogP contribution in [-0.2, 0) is 11.3 Å². The van der Waals surface area contributed by atoms with Crippen LogP contribution in [0.4, 0.5) is 0 Å². The number of carbonyl (C=O) groups is 1. The molecule has 1 aliphatic carbocycles. The van der Waals surface area contributed by atoms with Gasteiger partial charge < -0.3 is 4.42 Å². The van der Waals surface area contributed by atoms with Crippen LogP contribution in [0, 0.1) is 10.8 Å². The number of aromatic amines is 1. The van der Waals surface area contributed by atoms with Crippen molar-refractivity contribution in [3.63, 3.8) is 0 Å². The van der Waals surface area contributed by atoms with Gasteiger partial charge in [-0.3, -0.25) is 15.2 Å². The molecule has 7 heteroatoms. The van der Waals surface area contributed by atoms with Gasteiger partial charge in [0.25, 0.3) is 16.6 Å². The highest BCUT2D eigenvalue weighted by Gasteiger charge is 2.35. The summed E-state index contributed by atoms with van der Waals surface area (Å²) in [5.41, 5.74) is 5.62. The van der Waals surface area contributed by atoms with Gasteiger partial charge in [-0.05, 0) is 23.4 Å². The number of rotatable bonds is 3. The fourth-order valence-corrected chi connectivity index (χ4v) is 2.93. The molecule has 0 saturated heterocycles. The molecular weight excluding hydrogens is 324 g/mol. The number of allylic oxidation sites excluding steroid dienone is 3. The maximum absolute atomic E-state index is 12.8. The number of amides is 1. The second-order valence-electron chi connectivity index (χ2n) is 5.49. The molecule has 0 radical (unpaired) electrons. The Labute approximate surface area is 143 Å². The van der Waals surface area contributed by atoms with E-state index in [1.807, 2.05) is 54.6 Å². The summed E-state index contributed by atoms with van der Waals surface area (Å²) in [6.07, 6.45) is 7.51. The standard InChI is InChI=1S/C17H14N4O2S/c22-16-13-9-5-4-8-12(13)14(15-18-19-17(24)23-15)20-21(16)10-11-6-2-1-3-7-11/h1-9,13,20H,10H2,(H,19,24)/t13-/m0/s1. The van der Waals surface area contributed by atoms with Crippen LogP contribution in [0.1, 0.15) is 11.5 Å². The smallest absolute Gasteiger partial charge is 0.284 e. The minimum absolute atomic E-state index is 0.0210. The van der Waals surface area contributed by atoms with E-state index in [0.29, 0.717) is 18.1 Å². The van der Waals surface area contributed by atoms with Crippen LogP contribution in [0.2, 0.25) is 0 Å². The molecule has 6 nitrogen and oxygen atoms in total. The van der Waals surface area contributed by atoms with Gasteiger partial charge in [0.15, 0.2) is 0 Å². The fraction of sp³-hybridized carbons (Fsp3) is 0.118. The number of hydrazine groups is 1. The van der Waals surface area contributed by atoms with Crippen molar-refractivity contribution in [2.24, 2.45) is 5.92 Å². The van der Waals surface area contributed by atoms with E-state index in [1.165, 1.54) is 0 Å². The third kappa shape index (κ3) is 2.59. The first-order chi connectivity index (χ1) is 11.7. The normalized spacial score (nSPS) is 19.4. The first kappa shape index (κ1) is 14.6. The van der Waals surface area contributed by atoms with Crippen LogP contribution in [0.5, 0.6) is 0 Å². The molecule has 0 spiro atoms. The van der Waals surface area contributed by atoms with E-state index < -0.39 is 0 Å². The maximum atomic E-state index is 12.8. The molecule has 1 amide bonds. The third-order valence-electron chi connectivity index (χ3n) is 3.93. The fourth-order valence-electron chi connectivity index (χ4n) is 2.81. The Bertz CT molecular complexity index is 923. The molecule has 0 bridgehead atoms. The number of nitrogens with zero attached hydrogens (tertiary/aromatic N) is 2. The van der Waals surface area contributed by atoms with Crippen molar-refractivity contribution in [2.75, 3.05) is 0 Å². The minimum Gasteiger partial charge on any atom is -0.408 e. The van der Waals surface area contributed by atoms with Crippen LogP contribution >= 0.6 is 12.2 Å². The Balaban J connectivity index is 1.74. The van der Waals surface area contributed by atoms with E-state index in [-0.39, 0.29) is 16.7 Å². The zero-order valence-electron chi connectivity index (χ0n) is 12.6. The Morgan fingerprint density at radius 1 is 1.25 bits per heavy atom. The van der Waals surface area contributed by atoms with Gasteiger partial charge in [0.05, 0.1) is 12.5 Å². The molecule has 0 unspecified atom stereocenters. The van der Waals surface area contributed by atoms with Crippen LogP contribution in [0.15, 0.2) is 64.6 Å². The van der Waals surface area contributed by atoms with E-state index in [9.17, 15) is 4.79 Å². The summed E-state index contributed by atoms with van der Waals surface area (Å²) in [5, 5.41) is 8.28. The first-order valence-corrected chi connectivity index (χ1v) is 7.90. The Hall–Kier alpha value is -2.93. The molecule has 1 aliphatic heterocycles. The predicted molar refractivity (Wildman–Crippen MR) is 90.5 cm³/mol. The van der Waals surface area contributed by atoms with Crippen molar-refractivity contribution >= 4 is 23.8 Å². The summed E-state index contributed by atoms with van der Waals surface area (Å²) in [6, 6.07) is 9.79. The second kappa shape index (κ2) is 5.93. The maximum Gasteiger partial charge on any atom is 0.284 e. The van der Waals surface area contributed by atoms with Crippen molar-refractivity contribution in [3.05, 3.63) is 76.5 Å². The average Bonchev–Trinajstić information content (AvgIpc) is 3.05. The molecule has 1 aromatic heterocycles. The number of H-pyrrole nitrogens is 1. The highest BCUT2D eigenvalue weighted by atomic mass is 32.1. The predicted octanol–water partition coefficient (Wildman–Crippen LogP) is 2.73. The van der Waals surface area contributed by atoms with E-state index in [2.05, 4.69) is 15.6 Å². The van der Waals surface area contributed by atoms with Gasteiger partial charge in [-0.25, -0.2) is 5.10 Å². The highest BCUT2D eigenvalue weighted by Crippen LogP contribution is 2.31. The zero-order chi connectivity index (χ0) is 16.5. The molecule has 0 fully saturated rings. The molecule has 2 aromatic rings. The number of fused-ring (bicyclic) bond motifs is 1. The SMILES string of the molecule is O=C1[C@H]2C=CC=CC2=C(c2n[nH]c(=S)o2)NN1Cc1ccccc1. The van der Waals surface area contributed by atoms with Gasteiger partial charge in [-0.2, -0.15) is 0 Å². The molecule has 2 N–H and O–H groups in total. The molecule has 2 aliphatic rings. The minimum atomic E-state index is -0.365. The Kier molecular flexibility index (Phi) is 3.62. The van der Waals surface area contributed by atoms with Gasteiger partial charge in [0.2, 0.25) is 0 Å². The van der Waals surface area contributed by atoms with E-state index >= 15 is 0 Å².